The molecule has 2 aliphatic rings. The van der Waals surface area contributed by atoms with Crippen LogP contribution >= 0.6 is 11.3 Å². The lowest BCUT2D eigenvalue weighted by Crippen LogP contribution is -2.49. The molecule has 0 spiro atoms. The standard InChI is InChI=1S/C18H24N2O4S/c1-12-14(18(23)24)3-2-8-20(12)17(22)5-4-16(21)19-9-6-15-13(11-19)7-10-25-15/h7,10,12,14H,2-6,8-9,11H2,1H3,(H,23,24)/t12-,14-/m1/s1. The van der Waals surface area contributed by atoms with Crippen LogP contribution in [0.3, 0.4) is 0 Å². The summed E-state index contributed by atoms with van der Waals surface area (Å²) in [5, 5.41) is 11.3. The fourth-order valence-electron chi connectivity index (χ4n) is 3.80. The van der Waals surface area contributed by atoms with E-state index in [-0.39, 0.29) is 30.7 Å². The van der Waals surface area contributed by atoms with Gasteiger partial charge in [-0.05, 0) is 43.2 Å². The molecule has 1 N–H and O–H groups in total. The Morgan fingerprint density at radius 3 is 2.76 bits per heavy atom. The molecule has 1 aromatic heterocycles. The van der Waals surface area contributed by atoms with E-state index in [1.165, 1.54) is 10.4 Å². The van der Waals surface area contributed by atoms with Crippen LogP contribution in [0.5, 0.6) is 0 Å². The summed E-state index contributed by atoms with van der Waals surface area (Å²) in [6.07, 6.45) is 2.54. The third-order valence-corrected chi connectivity index (χ3v) is 6.36. The fraction of sp³-hybridized carbons (Fsp3) is 0.611. The zero-order valence-electron chi connectivity index (χ0n) is 14.4. The quantitative estimate of drug-likeness (QED) is 0.888. The second kappa shape index (κ2) is 7.56. The van der Waals surface area contributed by atoms with Crippen molar-refractivity contribution in [3.05, 3.63) is 21.9 Å². The summed E-state index contributed by atoms with van der Waals surface area (Å²) in [4.78, 5) is 41.0. The Balaban J connectivity index is 1.52. The molecule has 0 saturated carbocycles. The molecule has 25 heavy (non-hydrogen) atoms. The van der Waals surface area contributed by atoms with Gasteiger partial charge in [0.15, 0.2) is 0 Å². The Bertz CT molecular complexity index is 672. The van der Waals surface area contributed by atoms with E-state index in [9.17, 15) is 19.5 Å². The van der Waals surface area contributed by atoms with Crippen molar-refractivity contribution in [2.75, 3.05) is 13.1 Å². The summed E-state index contributed by atoms with van der Waals surface area (Å²) in [6, 6.07) is 1.75. The molecule has 0 aromatic carbocycles. The smallest absolute Gasteiger partial charge is 0.308 e. The number of rotatable bonds is 4. The molecule has 0 aliphatic carbocycles. The van der Waals surface area contributed by atoms with Gasteiger partial charge >= 0.3 is 5.97 Å². The van der Waals surface area contributed by atoms with Gasteiger partial charge in [-0.15, -0.1) is 11.3 Å². The highest BCUT2D eigenvalue weighted by Crippen LogP contribution is 2.26. The number of likely N-dealkylation sites (tertiary alicyclic amines) is 1. The first-order chi connectivity index (χ1) is 12.0. The summed E-state index contributed by atoms with van der Waals surface area (Å²) in [5.74, 6) is -1.46. The van der Waals surface area contributed by atoms with Crippen LogP contribution < -0.4 is 0 Å². The number of aliphatic carboxylic acids is 1. The van der Waals surface area contributed by atoms with Crippen molar-refractivity contribution in [3.63, 3.8) is 0 Å². The molecule has 1 saturated heterocycles. The van der Waals surface area contributed by atoms with Crippen molar-refractivity contribution in [1.29, 1.82) is 0 Å². The highest BCUT2D eigenvalue weighted by molar-refractivity contribution is 7.10. The van der Waals surface area contributed by atoms with Crippen molar-refractivity contribution >= 4 is 29.1 Å². The minimum absolute atomic E-state index is 0.00430. The van der Waals surface area contributed by atoms with Gasteiger partial charge < -0.3 is 14.9 Å². The molecular weight excluding hydrogens is 340 g/mol. The molecule has 6 nitrogen and oxygen atoms in total. The lowest BCUT2D eigenvalue weighted by Gasteiger charge is -2.37. The third kappa shape index (κ3) is 3.86. The number of hydrogen-bond donors (Lipinski definition) is 1. The average molecular weight is 364 g/mol. The molecule has 0 radical (unpaired) electrons. The van der Waals surface area contributed by atoms with Gasteiger partial charge in [0.25, 0.3) is 0 Å². The summed E-state index contributed by atoms with van der Waals surface area (Å²) in [7, 11) is 0. The van der Waals surface area contributed by atoms with Crippen LogP contribution in [0, 0.1) is 5.92 Å². The van der Waals surface area contributed by atoms with Gasteiger partial charge in [-0.25, -0.2) is 0 Å². The van der Waals surface area contributed by atoms with Gasteiger partial charge in [0, 0.05) is 43.4 Å². The van der Waals surface area contributed by atoms with Crippen molar-refractivity contribution in [2.45, 2.75) is 51.6 Å². The highest BCUT2D eigenvalue weighted by atomic mass is 32.1. The molecule has 136 valence electrons. The van der Waals surface area contributed by atoms with Gasteiger partial charge in [-0.1, -0.05) is 0 Å². The molecule has 2 aliphatic heterocycles. The number of thiophene rings is 1. The maximum atomic E-state index is 12.5. The van der Waals surface area contributed by atoms with Crippen LogP contribution in [0.4, 0.5) is 0 Å². The number of nitrogens with zero attached hydrogens (tertiary/aromatic N) is 2. The maximum Gasteiger partial charge on any atom is 0.308 e. The minimum Gasteiger partial charge on any atom is -0.481 e. The monoisotopic (exact) mass is 364 g/mol. The van der Waals surface area contributed by atoms with Crippen LogP contribution in [0.2, 0.25) is 0 Å². The van der Waals surface area contributed by atoms with Crippen molar-refractivity contribution in [3.8, 4) is 0 Å². The van der Waals surface area contributed by atoms with Crippen molar-refractivity contribution < 1.29 is 19.5 Å². The number of fused-ring (bicyclic) bond motifs is 1. The van der Waals surface area contributed by atoms with Crippen LogP contribution in [0.25, 0.3) is 0 Å². The average Bonchev–Trinajstić information content (AvgIpc) is 3.06. The summed E-state index contributed by atoms with van der Waals surface area (Å²) < 4.78 is 0. The predicted molar refractivity (Wildman–Crippen MR) is 94.2 cm³/mol. The van der Waals surface area contributed by atoms with Gasteiger partial charge in [0.2, 0.25) is 11.8 Å². The third-order valence-electron chi connectivity index (χ3n) is 5.34. The molecule has 3 heterocycles. The van der Waals surface area contributed by atoms with E-state index in [1.54, 1.807) is 23.2 Å². The number of hydrogen-bond acceptors (Lipinski definition) is 4. The lowest BCUT2D eigenvalue weighted by molar-refractivity contribution is -0.150. The summed E-state index contributed by atoms with van der Waals surface area (Å²) in [6.45, 7) is 3.72. The van der Waals surface area contributed by atoms with E-state index in [0.29, 0.717) is 32.5 Å². The van der Waals surface area contributed by atoms with Gasteiger partial charge in [-0.2, -0.15) is 0 Å². The van der Waals surface area contributed by atoms with E-state index in [4.69, 9.17) is 0 Å². The van der Waals surface area contributed by atoms with Gasteiger partial charge in [-0.3, -0.25) is 14.4 Å². The number of amides is 2. The van der Waals surface area contributed by atoms with E-state index in [2.05, 4.69) is 11.4 Å². The zero-order chi connectivity index (χ0) is 18.0. The van der Waals surface area contributed by atoms with E-state index in [0.717, 1.165) is 6.42 Å². The molecular formula is C18H24N2O4S. The fourth-order valence-corrected chi connectivity index (χ4v) is 4.69. The number of carbonyl (C=O) groups excluding carboxylic acids is 2. The number of carboxylic acid groups (broad SMARTS) is 1. The van der Waals surface area contributed by atoms with Crippen LogP contribution in [-0.2, 0) is 27.3 Å². The van der Waals surface area contributed by atoms with E-state index >= 15 is 0 Å². The minimum atomic E-state index is -0.846. The Morgan fingerprint density at radius 1 is 1.24 bits per heavy atom. The molecule has 2 atom stereocenters. The molecule has 3 rings (SSSR count). The van der Waals surface area contributed by atoms with Gasteiger partial charge in [0.05, 0.1) is 5.92 Å². The van der Waals surface area contributed by atoms with E-state index < -0.39 is 11.9 Å². The molecule has 2 amide bonds. The number of piperidine rings is 1. The summed E-state index contributed by atoms with van der Waals surface area (Å²) >= 11 is 1.73. The molecule has 1 fully saturated rings. The predicted octanol–water partition coefficient (Wildman–Crippen LogP) is 2.12. The second-order valence-corrected chi connectivity index (χ2v) is 7.85. The maximum absolute atomic E-state index is 12.5. The largest absolute Gasteiger partial charge is 0.481 e. The van der Waals surface area contributed by atoms with Gasteiger partial charge in [0.1, 0.15) is 0 Å². The Morgan fingerprint density at radius 2 is 2.00 bits per heavy atom. The Hall–Kier alpha value is -1.89. The van der Waals surface area contributed by atoms with Crippen molar-refractivity contribution in [2.24, 2.45) is 5.92 Å². The first-order valence-corrected chi connectivity index (χ1v) is 9.70. The van der Waals surface area contributed by atoms with Crippen LogP contribution in [-0.4, -0.2) is 51.8 Å². The molecule has 0 unspecified atom stereocenters. The highest BCUT2D eigenvalue weighted by Gasteiger charge is 2.35. The molecule has 7 heteroatoms. The summed E-state index contributed by atoms with van der Waals surface area (Å²) in [5.41, 5.74) is 1.21. The lowest BCUT2D eigenvalue weighted by atomic mass is 9.90. The second-order valence-electron chi connectivity index (χ2n) is 6.85. The van der Waals surface area contributed by atoms with E-state index in [1.807, 2.05) is 4.90 Å². The normalized spacial score (nSPS) is 23.2. The van der Waals surface area contributed by atoms with Crippen LogP contribution in [0.1, 0.15) is 43.0 Å². The van der Waals surface area contributed by atoms with Crippen LogP contribution in [0.15, 0.2) is 11.4 Å². The SMILES string of the molecule is C[C@@H]1[C@H](C(=O)O)CCCN1C(=O)CCC(=O)N1CCc2sccc2C1. The molecule has 0 bridgehead atoms. The Kier molecular flexibility index (Phi) is 5.42. The first kappa shape index (κ1) is 17.9. The zero-order valence-corrected chi connectivity index (χ0v) is 15.3. The molecule has 1 aromatic rings. The van der Waals surface area contributed by atoms with Crippen molar-refractivity contribution in [1.82, 2.24) is 9.80 Å². The first-order valence-electron chi connectivity index (χ1n) is 8.82. The topological polar surface area (TPSA) is 77.9 Å². The number of carbonyl (C=O) groups is 3. The number of carboxylic acids is 1. The Labute approximate surface area is 151 Å².